The van der Waals surface area contributed by atoms with E-state index in [0.717, 1.165) is 13.8 Å². The van der Waals surface area contributed by atoms with Gasteiger partial charge in [0.15, 0.2) is 11.6 Å². The number of imidazole rings is 1. The highest BCUT2D eigenvalue weighted by Gasteiger charge is 2.54. The van der Waals surface area contributed by atoms with E-state index >= 15 is 0 Å². The van der Waals surface area contributed by atoms with E-state index in [2.05, 4.69) is 95.1 Å². The molecule has 1 spiro atoms. The number of hydrogen-bond donors (Lipinski definition) is 27. The number of aromatic amines is 1. The third kappa shape index (κ3) is 30.5. The number of urea groups is 1. The summed E-state index contributed by atoms with van der Waals surface area (Å²) in [7, 11) is 0. The summed E-state index contributed by atoms with van der Waals surface area (Å²) in [5.41, 5.74) is 19.3. The maximum Gasteiger partial charge on any atom is 0.340 e. The Balaban J connectivity index is 1.02. The van der Waals surface area contributed by atoms with Crippen LogP contribution in [0.3, 0.4) is 0 Å². The number of phenolic OH excluding ortho intramolecular Hbond substituents is 2. The maximum atomic E-state index is 14.2. The number of carboxylic acid groups (broad SMARTS) is 3. The van der Waals surface area contributed by atoms with Gasteiger partial charge >= 0.3 is 29.9 Å². The van der Waals surface area contributed by atoms with Gasteiger partial charge in [-0.25, -0.2) is 24.8 Å². The molecule has 3 heterocycles. The summed E-state index contributed by atoms with van der Waals surface area (Å²) in [6.07, 6.45) is -2.37. The number of benzene rings is 3. The van der Waals surface area contributed by atoms with Crippen LogP contribution in [0, 0.1) is 17.2 Å². The van der Waals surface area contributed by atoms with Crippen LogP contribution in [-0.4, -0.2) is 258 Å². The fourth-order valence-electron chi connectivity index (χ4n) is 13.2. The van der Waals surface area contributed by atoms with E-state index in [1.807, 2.05) is 5.43 Å². The number of rotatable bonds is 49. The fourth-order valence-corrected chi connectivity index (χ4v) is 13.2. The molecule has 716 valence electrons. The Kier molecular flexibility index (Phi) is 38.5. The van der Waals surface area contributed by atoms with Crippen molar-refractivity contribution in [1.82, 2.24) is 101 Å². The predicted molar refractivity (Wildman–Crippen MR) is 455 cm³/mol. The van der Waals surface area contributed by atoms with Crippen molar-refractivity contribution in [3.63, 3.8) is 0 Å². The Morgan fingerprint density at radius 3 is 1.46 bits per heavy atom. The number of H-pyrrole nitrogens is 1. The average Bonchev–Trinajstić information content (AvgIpc) is 1.50. The molecule has 2 aliphatic rings. The molecule has 0 fully saturated rings. The van der Waals surface area contributed by atoms with E-state index in [1.54, 1.807) is 6.92 Å². The number of guanidine groups is 1. The zero-order chi connectivity index (χ0) is 98.5. The summed E-state index contributed by atoms with van der Waals surface area (Å²) < 4.78 is 12.1. The number of carbonyl (C=O) groups is 21. The molecule has 51 nitrogen and oxygen atoms in total. The van der Waals surface area contributed by atoms with Crippen LogP contribution >= 0.6 is 0 Å². The molecular weight excluding hydrogens is 1740 g/mol. The summed E-state index contributed by atoms with van der Waals surface area (Å²) in [6, 6.07) is -9.90. The number of nitrogens with two attached hydrogens (primary N) is 3. The van der Waals surface area contributed by atoms with Crippen LogP contribution in [0.4, 0.5) is 4.79 Å². The molecule has 30 N–H and O–H groups in total. The van der Waals surface area contributed by atoms with Gasteiger partial charge < -0.3 is 137 Å². The van der Waals surface area contributed by atoms with Gasteiger partial charge in [0, 0.05) is 72.8 Å². The van der Waals surface area contributed by atoms with Gasteiger partial charge in [-0.2, -0.15) is 0 Å². The molecule has 0 saturated carbocycles. The highest BCUT2D eigenvalue weighted by atomic mass is 16.6. The van der Waals surface area contributed by atoms with Gasteiger partial charge in [0.25, 0.3) is 11.8 Å². The Morgan fingerprint density at radius 1 is 0.477 bits per heavy atom. The zero-order valence-corrected chi connectivity index (χ0v) is 73.0. The number of primary amides is 2. The van der Waals surface area contributed by atoms with Gasteiger partial charge in [0.2, 0.25) is 82.7 Å². The number of phenols is 2. The van der Waals surface area contributed by atoms with Crippen LogP contribution in [0.25, 0.3) is 0 Å². The second-order valence-electron chi connectivity index (χ2n) is 31.4. The van der Waals surface area contributed by atoms with Gasteiger partial charge in [0.1, 0.15) is 102 Å². The Morgan fingerprint density at radius 2 is 0.947 bits per heavy atom. The highest BCUT2D eigenvalue weighted by Crippen LogP contribution is 2.57. The molecule has 14 atom stereocenters. The highest BCUT2D eigenvalue weighted by molar-refractivity contribution is 6.05. The first-order valence-electron chi connectivity index (χ1n) is 41.3. The molecule has 0 bridgehead atoms. The zero-order valence-electron chi connectivity index (χ0n) is 73.0. The number of carbonyl (C=O) groups excluding carboxylic acids is 18. The van der Waals surface area contributed by atoms with Crippen LogP contribution < -0.4 is 113 Å². The lowest BCUT2D eigenvalue weighted by atomic mass is 9.77. The third-order valence-corrected chi connectivity index (χ3v) is 20.7. The maximum absolute atomic E-state index is 14.2. The summed E-state index contributed by atoms with van der Waals surface area (Å²) in [4.78, 5) is 286. The summed E-state index contributed by atoms with van der Waals surface area (Å²) in [5, 5.41) is 91.6. The van der Waals surface area contributed by atoms with Crippen molar-refractivity contribution in [2.24, 2.45) is 29.0 Å². The van der Waals surface area contributed by atoms with Crippen LogP contribution in [0.2, 0.25) is 0 Å². The molecule has 18 amide bonds. The van der Waals surface area contributed by atoms with E-state index in [4.69, 9.17) is 32.1 Å². The largest absolute Gasteiger partial charge is 0.508 e. The van der Waals surface area contributed by atoms with Crippen LogP contribution in [-0.2, 0) is 103 Å². The molecule has 6 rings (SSSR count). The second-order valence-corrected chi connectivity index (χ2v) is 31.4. The van der Waals surface area contributed by atoms with Crippen molar-refractivity contribution in [2.75, 3.05) is 13.1 Å². The predicted octanol–water partition coefficient (Wildman–Crippen LogP) is -6.10. The van der Waals surface area contributed by atoms with E-state index in [0.29, 0.717) is 11.1 Å². The summed E-state index contributed by atoms with van der Waals surface area (Å²) >= 11 is 0. The number of fused-ring (bicyclic) bond motifs is 6. The molecule has 132 heavy (non-hydrogen) atoms. The smallest absolute Gasteiger partial charge is 0.340 e. The number of aromatic hydroxyl groups is 2. The number of amides is 18. The molecule has 3 aromatic carbocycles. The number of aliphatic carboxylic acids is 3. The molecule has 2 aliphatic heterocycles. The Hall–Kier alpha value is -15.8. The van der Waals surface area contributed by atoms with Crippen molar-refractivity contribution in [3.8, 4) is 23.0 Å². The van der Waals surface area contributed by atoms with E-state index < -0.39 is 265 Å². The number of hydrogen-bond acceptors (Lipinski definition) is 27. The molecular formula is C81H109N23O28. The average molecular weight is 1850 g/mol. The van der Waals surface area contributed by atoms with Crippen molar-refractivity contribution >= 4 is 130 Å². The monoisotopic (exact) mass is 1850 g/mol. The van der Waals surface area contributed by atoms with Gasteiger partial charge in [-0.15, -0.1) is 0 Å². The third-order valence-electron chi connectivity index (χ3n) is 20.7. The van der Waals surface area contributed by atoms with Gasteiger partial charge in [-0.05, 0) is 115 Å². The molecule has 51 heteroatoms. The number of carboxylic acids is 3. The molecule has 0 aliphatic carbocycles. The lowest BCUT2D eigenvalue weighted by molar-refractivity contribution is -0.142. The van der Waals surface area contributed by atoms with Crippen molar-refractivity contribution < 1.29 is 136 Å². The lowest BCUT2D eigenvalue weighted by Crippen LogP contribution is -2.61. The number of hydrazine groups is 1. The van der Waals surface area contributed by atoms with Crippen LogP contribution in [0.15, 0.2) is 67.1 Å². The fraction of sp³-hybridized carbons (Fsp3) is 0.469. The second kappa shape index (κ2) is 48.4. The van der Waals surface area contributed by atoms with E-state index in [-0.39, 0.29) is 90.0 Å². The summed E-state index contributed by atoms with van der Waals surface area (Å²) in [6.45, 7) is 11.2. The Bertz CT molecular complexity index is 5000. The van der Waals surface area contributed by atoms with Crippen molar-refractivity contribution in [1.29, 1.82) is 5.41 Å². The van der Waals surface area contributed by atoms with Crippen molar-refractivity contribution in [3.05, 3.63) is 101 Å². The van der Waals surface area contributed by atoms with Gasteiger partial charge in [0.05, 0.1) is 30.6 Å². The minimum Gasteiger partial charge on any atom is -0.508 e. The number of nitrogens with one attached hydrogen (secondary N) is 19. The number of nitrogens with zero attached hydrogens (tertiary/aromatic N) is 1. The minimum atomic E-state index is -1.98. The van der Waals surface area contributed by atoms with Gasteiger partial charge in [-0.1, -0.05) is 40.2 Å². The number of ether oxygens (including phenoxy) is 2. The first kappa shape index (κ1) is 105. The molecule has 1 aromatic heterocycles. The minimum absolute atomic E-state index is 0.0786. The summed E-state index contributed by atoms with van der Waals surface area (Å²) in [5.74, 6) is -24.5. The van der Waals surface area contributed by atoms with Crippen LogP contribution in [0.5, 0.6) is 23.0 Å². The molecule has 0 unspecified atom stereocenters. The quantitative estimate of drug-likeness (QED) is 0.00643. The number of esters is 1. The standard InChI is InChI=1S/C81H109N23O28/c1-10-35(4)63(75(125)100-54(30-58(83)108)74(124)98-50(20-23-60(110)111)71(121)91-36(5)64(114)88-32-59(109)95-52(77(127)128)12-11-25-87-79(84)85)102-72(122)51(21-24-61(112)113)96-66(116)38(7)93-73(123)53(27-42-31-86-33-89-42)99-67(117)37(6)90-65(115)40(9)94-80(130)104-103-76(126)62(34(2)3)101-68(118)39(8)92-70(120)49(19-22-57(82)107)97-69(119)41-13-16-46-45(26-41)78(129)132-81(46)47-17-14-43(105)28-55(47)131-56-29-44(106)15-18-48(56)81/h13-18,26,28-29,31,33-40,49-54,62-63,105-106H,10-12,19-25,27,30,32H2,1-9H3,(H2,82,107)(H2,83,108)(H,86,89)(H,88,114)(H,90,115)(H,91,121)(H,92,120)(H,93,123)(H,95,109)(H,96,116)(H,97,119)(H,98,124)(H,99,117)(H,100,125)(H,101,118)(H,102,122)(H,103,126)(H,110,111)(H,112,113)(H,127,128)(H4,84,85,87)(H2,94,104,130)/t35-,36-,37-,38-,39-,40-,49-,50-,51-,52-,53-,54-,62-,63-/m0/s1. The first-order valence-corrected chi connectivity index (χ1v) is 41.3. The normalized spacial score (nSPS) is 15.1. The lowest BCUT2D eigenvalue weighted by Gasteiger charge is -2.36. The van der Waals surface area contributed by atoms with Gasteiger partial charge in [-0.3, -0.25) is 97.1 Å². The first-order chi connectivity index (χ1) is 62.0. The van der Waals surface area contributed by atoms with Crippen LogP contribution in [0.1, 0.15) is 170 Å². The molecule has 0 saturated heterocycles. The molecule has 4 aromatic rings. The topological polar surface area (TPSA) is 813 Å². The SMILES string of the molecule is CC[C@H](C)[C@H](NC(=O)[C@H](CCC(=O)O)NC(=O)[C@H](C)NC(=O)[C@H](Cc1c[nH]cn1)NC(=O)[C@H](C)NC(=O)[C@H](C)NC(=O)NNC(=O)[C@@H](NC(=O)[C@H](C)NC(=O)[C@H](CCC(N)=O)NC(=O)c1ccc2c(c1)C(=O)OC21c2ccc(O)cc2Oc2cc(O)ccc21)C(C)C)C(=O)N[C@@H](CC(N)=O)C(=O)N[C@@H](CCC(=O)O)C(=O)N[C@@H](C)C(=O)NCC(=O)N[C@@H](CCCNC(=N)N)C(=O)O. The Labute approximate surface area is 752 Å². The van der Waals surface area contributed by atoms with Crippen molar-refractivity contribution in [2.45, 2.75) is 217 Å². The number of aromatic nitrogens is 2. The molecule has 0 radical (unpaired) electrons. The van der Waals surface area contributed by atoms with E-state index in [9.17, 15) is 126 Å². The van der Waals surface area contributed by atoms with E-state index in [1.165, 1.54) is 109 Å².